The van der Waals surface area contributed by atoms with Crippen LogP contribution in [0.25, 0.3) is 0 Å². The number of carbonyl (C=O) groups excluding carboxylic acids is 1. The highest BCUT2D eigenvalue weighted by Crippen LogP contribution is 2.38. The molecule has 0 heterocycles. The summed E-state index contributed by atoms with van der Waals surface area (Å²) < 4.78 is 23.0. The molecule has 0 aliphatic heterocycles. The van der Waals surface area contributed by atoms with Gasteiger partial charge in [0, 0.05) is 6.42 Å². The van der Waals surface area contributed by atoms with Crippen LogP contribution in [0.5, 0.6) is 0 Å². The van der Waals surface area contributed by atoms with Crippen LogP contribution in [-0.4, -0.2) is 68.5 Å². The van der Waals surface area contributed by atoms with Gasteiger partial charge < -0.3 is 28.8 Å². The standard InChI is InChI=1S/C41H85N2O6P/c1-6-8-10-12-13-14-15-16-17-18-19-20-21-22-23-24-25-26-27-28-29-31-33-35-41(45)42-39(40(44)34-32-30-11-9-7-2)38-49-50(46,47)48-37-36-43(3,4)5/h39-40,44H,6-38H2,1-5H3,(H-,42,45,46,47). The molecule has 300 valence electrons. The van der Waals surface area contributed by atoms with E-state index in [-0.39, 0.29) is 19.1 Å². The number of rotatable bonds is 39. The normalized spacial score (nSPS) is 14.5. The lowest BCUT2D eigenvalue weighted by molar-refractivity contribution is -0.870. The number of hydrogen-bond acceptors (Lipinski definition) is 6. The smallest absolute Gasteiger partial charge is 0.268 e. The molecule has 0 aliphatic carbocycles. The molecule has 0 fully saturated rings. The van der Waals surface area contributed by atoms with E-state index < -0.39 is 20.0 Å². The lowest BCUT2D eigenvalue weighted by Gasteiger charge is -2.30. The van der Waals surface area contributed by atoms with Crippen molar-refractivity contribution in [2.45, 2.75) is 219 Å². The van der Waals surface area contributed by atoms with Crippen LogP contribution in [0.4, 0.5) is 0 Å². The van der Waals surface area contributed by atoms with Gasteiger partial charge in [0.15, 0.2) is 0 Å². The summed E-state index contributed by atoms with van der Waals surface area (Å²) in [5.41, 5.74) is 0. The molecule has 0 rings (SSSR count). The summed E-state index contributed by atoms with van der Waals surface area (Å²) in [5, 5.41) is 13.7. The van der Waals surface area contributed by atoms with Crippen molar-refractivity contribution in [3.8, 4) is 0 Å². The zero-order chi connectivity index (χ0) is 37.2. The Hall–Kier alpha value is -0.500. The Kier molecular flexibility index (Phi) is 33.9. The highest BCUT2D eigenvalue weighted by Gasteiger charge is 2.24. The zero-order valence-corrected chi connectivity index (χ0v) is 34.8. The number of quaternary nitrogens is 1. The van der Waals surface area contributed by atoms with E-state index >= 15 is 0 Å². The Bertz CT molecular complexity index is 794. The Morgan fingerprint density at radius 1 is 0.620 bits per heavy atom. The Morgan fingerprint density at radius 3 is 1.36 bits per heavy atom. The van der Waals surface area contributed by atoms with Crippen molar-refractivity contribution in [3.63, 3.8) is 0 Å². The number of nitrogens with zero attached hydrogens (tertiary/aromatic N) is 1. The Labute approximate surface area is 310 Å². The fourth-order valence-electron chi connectivity index (χ4n) is 6.39. The summed E-state index contributed by atoms with van der Waals surface area (Å²) in [4.78, 5) is 25.1. The molecule has 0 spiro atoms. The quantitative estimate of drug-likeness (QED) is 0.0370. The van der Waals surface area contributed by atoms with Crippen molar-refractivity contribution in [3.05, 3.63) is 0 Å². The fraction of sp³-hybridized carbons (Fsp3) is 0.976. The number of carbonyl (C=O) groups is 1. The van der Waals surface area contributed by atoms with Crippen molar-refractivity contribution in [1.29, 1.82) is 0 Å². The van der Waals surface area contributed by atoms with E-state index in [0.29, 0.717) is 23.9 Å². The predicted molar refractivity (Wildman–Crippen MR) is 210 cm³/mol. The molecule has 3 atom stereocenters. The van der Waals surface area contributed by atoms with Crippen molar-refractivity contribution < 1.29 is 32.9 Å². The van der Waals surface area contributed by atoms with Gasteiger partial charge in [0.05, 0.1) is 39.9 Å². The van der Waals surface area contributed by atoms with Crippen LogP contribution in [0.3, 0.4) is 0 Å². The second kappa shape index (κ2) is 34.3. The molecule has 0 aromatic rings. The number of likely N-dealkylation sites (N-methyl/N-ethyl adjacent to an activating group) is 1. The summed E-state index contributed by atoms with van der Waals surface area (Å²) in [5.74, 6) is -0.168. The zero-order valence-electron chi connectivity index (χ0n) is 33.9. The van der Waals surface area contributed by atoms with Gasteiger partial charge in [-0.25, -0.2) is 0 Å². The van der Waals surface area contributed by atoms with Gasteiger partial charge in [-0.05, 0) is 12.8 Å². The molecule has 0 bridgehead atoms. The molecular formula is C41H85N2O6P. The van der Waals surface area contributed by atoms with E-state index in [4.69, 9.17) is 9.05 Å². The molecule has 0 radical (unpaired) electrons. The maximum Gasteiger partial charge on any atom is 0.268 e. The molecule has 9 heteroatoms. The van der Waals surface area contributed by atoms with Crippen LogP contribution in [0.2, 0.25) is 0 Å². The van der Waals surface area contributed by atoms with E-state index in [1.165, 1.54) is 128 Å². The lowest BCUT2D eigenvalue weighted by atomic mass is 10.0. The van der Waals surface area contributed by atoms with Crippen molar-refractivity contribution >= 4 is 13.7 Å². The monoisotopic (exact) mass is 733 g/mol. The number of nitrogens with one attached hydrogen (secondary N) is 1. The number of aliphatic hydroxyl groups excluding tert-OH is 1. The van der Waals surface area contributed by atoms with Gasteiger partial charge in [-0.1, -0.05) is 187 Å². The predicted octanol–water partition coefficient (Wildman–Crippen LogP) is 10.8. The Balaban J connectivity index is 3.97. The second-order valence-electron chi connectivity index (χ2n) is 16.1. The third-order valence-corrected chi connectivity index (χ3v) is 10.8. The molecule has 0 saturated carbocycles. The summed E-state index contributed by atoms with van der Waals surface area (Å²) in [6, 6.07) is -0.789. The molecule has 8 nitrogen and oxygen atoms in total. The van der Waals surface area contributed by atoms with Crippen molar-refractivity contribution in [2.75, 3.05) is 40.9 Å². The first-order valence-electron chi connectivity index (χ1n) is 21.4. The summed E-state index contributed by atoms with van der Waals surface area (Å²) in [6.07, 6.45) is 35.9. The average molecular weight is 733 g/mol. The van der Waals surface area contributed by atoms with Crippen LogP contribution in [0, 0.1) is 0 Å². The average Bonchev–Trinajstić information content (AvgIpc) is 3.06. The fourth-order valence-corrected chi connectivity index (χ4v) is 7.12. The third kappa shape index (κ3) is 35.9. The molecule has 0 aliphatic rings. The first kappa shape index (κ1) is 49.5. The minimum atomic E-state index is -4.54. The van der Waals surface area contributed by atoms with E-state index in [1.54, 1.807) is 0 Å². The van der Waals surface area contributed by atoms with Crippen molar-refractivity contribution in [2.24, 2.45) is 0 Å². The topological polar surface area (TPSA) is 108 Å². The molecule has 0 aromatic heterocycles. The number of hydrogen-bond donors (Lipinski definition) is 2. The molecule has 0 saturated heterocycles. The highest BCUT2D eigenvalue weighted by molar-refractivity contribution is 7.45. The van der Waals surface area contributed by atoms with Gasteiger partial charge in [-0.3, -0.25) is 9.36 Å². The minimum absolute atomic E-state index is 0.0147. The second-order valence-corrected chi connectivity index (χ2v) is 17.5. The molecule has 3 unspecified atom stereocenters. The Morgan fingerprint density at radius 2 is 0.980 bits per heavy atom. The first-order valence-corrected chi connectivity index (χ1v) is 22.8. The van der Waals surface area contributed by atoms with Gasteiger partial charge in [0.25, 0.3) is 7.82 Å². The van der Waals surface area contributed by atoms with E-state index in [1.807, 2.05) is 21.1 Å². The SMILES string of the molecule is CCCCCCCCCCCCCCCCCCCCCCCCCC(=O)NC(COP(=O)([O-])OCC[N+](C)(C)C)C(O)CCCCCCC. The van der Waals surface area contributed by atoms with E-state index in [0.717, 1.165) is 51.4 Å². The van der Waals surface area contributed by atoms with Crippen LogP contribution < -0.4 is 10.2 Å². The van der Waals surface area contributed by atoms with Crippen LogP contribution in [-0.2, 0) is 18.4 Å². The first-order chi connectivity index (χ1) is 24.0. The van der Waals surface area contributed by atoms with Crippen LogP contribution >= 0.6 is 7.82 Å². The molecule has 2 N–H and O–H groups in total. The maximum absolute atomic E-state index is 12.7. The van der Waals surface area contributed by atoms with Gasteiger partial charge >= 0.3 is 0 Å². The van der Waals surface area contributed by atoms with Crippen LogP contribution in [0.1, 0.15) is 206 Å². The number of aliphatic hydroxyl groups is 1. The lowest BCUT2D eigenvalue weighted by Crippen LogP contribution is -2.46. The molecular weight excluding hydrogens is 647 g/mol. The number of amides is 1. The number of phosphoric ester groups is 1. The summed E-state index contributed by atoms with van der Waals surface area (Å²) in [7, 11) is 1.31. The van der Waals surface area contributed by atoms with E-state index in [2.05, 4.69) is 19.2 Å². The number of unbranched alkanes of at least 4 members (excludes halogenated alkanes) is 26. The van der Waals surface area contributed by atoms with Gasteiger partial charge in [-0.15, -0.1) is 0 Å². The van der Waals surface area contributed by atoms with Gasteiger partial charge in [-0.2, -0.15) is 0 Å². The molecule has 1 amide bonds. The van der Waals surface area contributed by atoms with Gasteiger partial charge in [0.1, 0.15) is 13.2 Å². The number of phosphoric acid groups is 1. The highest BCUT2D eigenvalue weighted by atomic mass is 31.2. The third-order valence-electron chi connectivity index (χ3n) is 9.85. The minimum Gasteiger partial charge on any atom is -0.756 e. The largest absolute Gasteiger partial charge is 0.756 e. The van der Waals surface area contributed by atoms with E-state index in [9.17, 15) is 19.4 Å². The van der Waals surface area contributed by atoms with Crippen molar-refractivity contribution in [1.82, 2.24) is 5.32 Å². The maximum atomic E-state index is 12.7. The summed E-state index contributed by atoms with van der Waals surface area (Å²) in [6.45, 7) is 4.64. The van der Waals surface area contributed by atoms with Gasteiger partial charge in [0.2, 0.25) is 5.91 Å². The van der Waals surface area contributed by atoms with Crippen LogP contribution in [0.15, 0.2) is 0 Å². The molecule has 0 aromatic carbocycles. The summed E-state index contributed by atoms with van der Waals surface area (Å²) >= 11 is 0. The molecule has 50 heavy (non-hydrogen) atoms.